The lowest BCUT2D eigenvalue weighted by Gasteiger charge is -2.24. The van der Waals surface area contributed by atoms with Crippen LogP contribution in [0.15, 0.2) is 69.8 Å². The summed E-state index contributed by atoms with van der Waals surface area (Å²) >= 11 is 0. The molecule has 220 valence electrons. The number of unbranched alkanes of at least 4 members (excludes halogenated alkanes) is 1. The van der Waals surface area contributed by atoms with E-state index in [1.54, 1.807) is 0 Å². The summed E-state index contributed by atoms with van der Waals surface area (Å²) in [4.78, 5) is 11.5. The molecule has 0 saturated heterocycles. The quantitative estimate of drug-likeness (QED) is 0.0699. The summed E-state index contributed by atoms with van der Waals surface area (Å²) in [5.74, 6) is -4.27. The third-order valence-corrected chi connectivity index (χ3v) is 6.67. The van der Waals surface area contributed by atoms with Gasteiger partial charge in [0.05, 0.1) is 6.61 Å². The van der Waals surface area contributed by atoms with Crippen molar-refractivity contribution < 1.29 is 29.6 Å². The molecule has 1 aliphatic rings. The molecule has 0 aromatic rings. The molecule has 0 amide bonds. The predicted octanol–water partition coefficient (Wildman–Crippen LogP) is 8.05. The van der Waals surface area contributed by atoms with Gasteiger partial charge in [0, 0.05) is 0 Å². The molecule has 39 heavy (non-hydrogen) atoms. The lowest BCUT2D eigenvalue weighted by atomic mass is 10.0. The van der Waals surface area contributed by atoms with Crippen LogP contribution in [-0.4, -0.2) is 39.8 Å². The molecular formula is C33H52O6. The summed E-state index contributed by atoms with van der Waals surface area (Å²) < 4.78 is 10.2. The average Bonchev–Trinajstić information content (AvgIpc) is 3.13. The molecule has 0 saturated carbocycles. The highest BCUT2D eigenvalue weighted by Gasteiger charge is 2.46. The molecule has 6 nitrogen and oxygen atoms in total. The number of aliphatic hydroxyl groups is 3. The van der Waals surface area contributed by atoms with Crippen molar-refractivity contribution in [2.45, 2.75) is 125 Å². The van der Waals surface area contributed by atoms with Crippen LogP contribution in [0.2, 0.25) is 0 Å². The van der Waals surface area contributed by atoms with E-state index in [2.05, 4.69) is 71.9 Å². The lowest BCUT2D eigenvalue weighted by molar-refractivity contribution is -0.216. The summed E-state index contributed by atoms with van der Waals surface area (Å²) in [7, 11) is 0. The number of carbonyl (C=O) groups is 1. The van der Waals surface area contributed by atoms with Crippen molar-refractivity contribution in [2.24, 2.45) is 0 Å². The molecule has 0 aromatic heterocycles. The number of hydrogen-bond donors (Lipinski definition) is 3. The zero-order chi connectivity index (χ0) is 29.4. The van der Waals surface area contributed by atoms with Crippen LogP contribution < -0.4 is 0 Å². The van der Waals surface area contributed by atoms with Gasteiger partial charge in [0.2, 0.25) is 17.7 Å². The number of allylic oxidation sites excluding steroid dienone is 10. The van der Waals surface area contributed by atoms with E-state index in [1.165, 1.54) is 27.9 Å². The fourth-order valence-corrected chi connectivity index (χ4v) is 4.23. The summed E-state index contributed by atoms with van der Waals surface area (Å²) in [6.07, 6.45) is 20.4. The molecule has 3 N–H and O–H groups in total. The first kappa shape index (κ1) is 34.5. The molecule has 1 aliphatic heterocycles. The van der Waals surface area contributed by atoms with Crippen LogP contribution >= 0.6 is 0 Å². The van der Waals surface area contributed by atoms with E-state index < -0.39 is 23.6 Å². The fourth-order valence-electron chi connectivity index (χ4n) is 4.23. The van der Waals surface area contributed by atoms with E-state index in [0.717, 1.165) is 64.7 Å². The van der Waals surface area contributed by atoms with Gasteiger partial charge in [-0.1, -0.05) is 58.2 Å². The minimum Gasteiger partial charge on any atom is -0.499 e. The maximum Gasteiger partial charge on any atom is 0.378 e. The highest BCUT2D eigenvalue weighted by Crippen LogP contribution is 2.29. The summed E-state index contributed by atoms with van der Waals surface area (Å²) in [5.41, 5.74) is 6.99. The Morgan fingerprint density at radius 2 is 1.21 bits per heavy atom. The van der Waals surface area contributed by atoms with Gasteiger partial charge in [0.1, 0.15) is 0 Å². The van der Waals surface area contributed by atoms with Crippen molar-refractivity contribution in [3.05, 3.63) is 69.8 Å². The van der Waals surface area contributed by atoms with Crippen LogP contribution in [0, 0.1) is 0 Å². The van der Waals surface area contributed by atoms with Gasteiger partial charge >= 0.3 is 5.97 Å². The number of esters is 1. The summed E-state index contributed by atoms with van der Waals surface area (Å²) in [5, 5.41) is 29.2. The van der Waals surface area contributed by atoms with Gasteiger partial charge in [0.15, 0.2) is 5.76 Å². The zero-order valence-corrected chi connectivity index (χ0v) is 25.3. The van der Waals surface area contributed by atoms with Crippen LogP contribution in [0.5, 0.6) is 0 Å². The van der Waals surface area contributed by atoms with E-state index in [0.29, 0.717) is 6.42 Å². The van der Waals surface area contributed by atoms with Gasteiger partial charge in [-0.3, -0.25) is 0 Å². The Balaban J connectivity index is 2.27. The molecule has 0 fully saturated rings. The minimum atomic E-state index is -2.33. The van der Waals surface area contributed by atoms with Crippen molar-refractivity contribution in [1.29, 1.82) is 0 Å². The largest absolute Gasteiger partial charge is 0.499 e. The second kappa shape index (κ2) is 17.9. The molecule has 0 spiro atoms. The van der Waals surface area contributed by atoms with E-state index in [1.807, 2.05) is 0 Å². The maximum absolute atomic E-state index is 11.5. The minimum absolute atomic E-state index is 0.224. The van der Waals surface area contributed by atoms with Crippen LogP contribution in [0.1, 0.15) is 113 Å². The van der Waals surface area contributed by atoms with Crippen molar-refractivity contribution in [3.63, 3.8) is 0 Å². The number of aliphatic hydroxyl groups excluding tert-OH is 1. The Kier molecular flexibility index (Phi) is 15.8. The number of ether oxygens (including phenoxy) is 2. The second-order valence-corrected chi connectivity index (χ2v) is 11.2. The van der Waals surface area contributed by atoms with Crippen molar-refractivity contribution in [2.75, 3.05) is 6.61 Å². The van der Waals surface area contributed by atoms with Crippen LogP contribution in [-0.2, 0) is 14.3 Å². The third kappa shape index (κ3) is 15.0. The Morgan fingerprint density at radius 1 is 0.769 bits per heavy atom. The molecule has 1 atom stereocenters. The van der Waals surface area contributed by atoms with Gasteiger partial charge in [0.25, 0.3) is 0 Å². The van der Waals surface area contributed by atoms with Crippen LogP contribution in [0.25, 0.3) is 0 Å². The molecule has 0 aliphatic carbocycles. The monoisotopic (exact) mass is 544 g/mol. The molecule has 0 radical (unpaired) electrons. The lowest BCUT2D eigenvalue weighted by Crippen LogP contribution is -2.41. The van der Waals surface area contributed by atoms with E-state index in [9.17, 15) is 20.1 Å². The smallest absolute Gasteiger partial charge is 0.378 e. The van der Waals surface area contributed by atoms with Crippen LogP contribution in [0.3, 0.4) is 0 Å². The van der Waals surface area contributed by atoms with E-state index in [4.69, 9.17) is 9.47 Å². The Hall–Kier alpha value is -2.57. The van der Waals surface area contributed by atoms with Crippen LogP contribution in [0.4, 0.5) is 0 Å². The van der Waals surface area contributed by atoms with Crippen molar-refractivity contribution >= 4 is 5.97 Å². The molecule has 0 aromatic carbocycles. The van der Waals surface area contributed by atoms with Gasteiger partial charge in [-0.15, -0.1) is 0 Å². The van der Waals surface area contributed by atoms with E-state index >= 15 is 0 Å². The number of carbonyl (C=O) groups excluding carboxylic acids is 1. The fraction of sp³-hybridized carbons (Fsp3) is 0.606. The Labute approximate surface area is 236 Å². The molecule has 1 rings (SSSR count). The first-order valence-corrected chi connectivity index (χ1v) is 14.3. The predicted molar refractivity (Wildman–Crippen MR) is 159 cm³/mol. The van der Waals surface area contributed by atoms with E-state index in [-0.39, 0.29) is 12.4 Å². The first-order valence-electron chi connectivity index (χ1n) is 14.3. The molecule has 1 heterocycles. The zero-order valence-electron chi connectivity index (χ0n) is 25.3. The SMILES string of the molecule is CC(C)=CCC/C(C)=C/CC/C(C)=C/CC/C=C(\C)CC/C=C(\C)CCCOC1=C(O)C(=O)OC1C(C)(O)O. The second-order valence-electron chi connectivity index (χ2n) is 11.2. The third-order valence-electron chi connectivity index (χ3n) is 6.67. The highest BCUT2D eigenvalue weighted by molar-refractivity contribution is 5.89. The number of rotatable bonds is 18. The number of hydrogen-bond acceptors (Lipinski definition) is 6. The van der Waals surface area contributed by atoms with Gasteiger partial charge in [-0.25, -0.2) is 4.79 Å². The average molecular weight is 545 g/mol. The number of cyclic esters (lactones) is 1. The van der Waals surface area contributed by atoms with Crippen molar-refractivity contribution in [1.82, 2.24) is 0 Å². The highest BCUT2D eigenvalue weighted by atomic mass is 16.6. The van der Waals surface area contributed by atoms with Gasteiger partial charge < -0.3 is 24.8 Å². The standard InChI is InChI=1S/C33H52O6/c1-24(2)14-10-17-27(5)20-11-18-25(3)15-8-9-16-26(4)19-12-21-28(6)22-13-23-38-30-29(34)32(35)39-31(30)33(7,36)37/h14-16,20-21,31,34,36-37H,8-13,17-19,22-23H2,1-7H3/b25-15+,26-16+,27-20+,28-21+. The molecule has 0 bridgehead atoms. The van der Waals surface area contributed by atoms with Gasteiger partial charge in [-0.05, 0) is 113 Å². The van der Waals surface area contributed by atoms with Gasteiger partial charge in [-0.2, -0.15) is 0 Å². The maximum atomic E-state index is 11.5. The molecular weight excluding hydrogens is 492 g/mol. The summed E-state index contributed by atoms with van der Waals surface area (Å²) in [6, 6.07) is 0. The molecule has 1 unspecified atom stereocenters. The Morgan fingerprint density at radius 3 is 1.67 bits per heavy atom. The summed E-state index contributed by atoms with van der Waals surface area (Å²) in [6.45, 7) is 14.3. The normalized spacial score (nSPS) is 17.6. The topological polar surface area (TPSA) is 96.2 Å². The Bertz CT molecular complexity index is 965. The first-order chi connectivity index (χ1) is 18.3. The molecule has 6 heteroatoms. The van der Waals surface area contributed by atoms with Crippen molar-refractivity contribution in [3.8, 4) is 0 Å².